The Morgan fingerprint density at radius 1 is 1.28 bits per heavy atom. The maximum absolute atomic E-state index is 12.9. The molecule has 9 heteroatoms. The van der Waals surface area contributed by atoms with Crippen molar-refractivity contribution in [2.75, 3.05) is 39.3 Å². The second-order valence-electron chi connectivity index (χ2n) is 7.85. The van der Waals surface area contributed by atoms with Crippen molar-refractivity contribution in [2.45, 2.75) is 58.8 Å². The van der Waals surface area contributed by atoms with Crippen LogP contribution in [0, 0.1) is 25.7 Å². The van der Waals surface area contributed by atoms with Gasteiger partial charge < -0.3 is 14.7 Å². The van der Waals surface area contributed by atoms with Crippen LogP contribution in [0.4, 0.5) is 0 Å². The minimum absolute atomic E-state index is 0.0663. The highest BCUT2D eigenvalue weighted by atomic mass is 32.2. The van der Waals surface area contributed by atoms with Crippen molar-refractivity contribution in [1.29, 1.82) is 0 Å². The summed E-state index contributed by atoms with van der Waals surface area (Å²) >= 11 is 0. The molecule has 0 unspecified atom stereocenters. The van der Waals surface area contributed by atoms with Gasteiger partial charge in [0.25, 0.3) is 0 Å². The number of aryl methyl sites for hydroxylation is 2. The van der Waals surface area contributed by atoms with Gasteiger partial charge in [-0.15, -0.1) is 0 Å². The van der Waals surface area contributed by atoms with Crippen molar-refractivity contribution < 1.29 is 17.7 Å². The number of nitrogens with zero attached hydrogens (tertiary/aromatic N) is 3. The smallest absolute Gasteiger partial charge is 0.248 e. The molecule has 1 N–H and O–H groups in total. The molecule has 166 valence electrons. The lowest BCUT2D eigenvalue weighted by atomic mass is 9.85. The number of amides is 1. The fourth-order valence-electron chi connectivity index (χ4n) is 4.02. The van der Waals surface area contributed by atoms with Crippen LogP contribution in [0.15, 0.2) is 9.42 Å². The Hall–Kier alpha value is -1.45. The normalized spacial score (nSPS) is 17.6. The molecule has 0 aliphatic carbocycles. The number of hydrogen-bond donors (Lipinski definition) is 1. The molecule has 0 radical (unpaired) electrons. The van der Waals surface area contributed by atoms with Gasteiger partial charge in [-0.2, -0.15) is 4.31 Å². The topological polar surface area (TPSA) is 95.8 Å². The monoisotopic (exact) mass is 428 g/mol. The second-order valence-corrected chi connectivity index (χ2v) is 9.73. The van der Waals surface area contributed by atoms with Crippen LogP contribution in [0.1, 0.15) is 51.5 Å². The standard InChI is InChI=1S/C20H36N4O4S/c1-6-23(7-2)12-8-11-21-20(25)15(3)18-9-13-24(14-10-18)29(26,27)19-16(4)22-28-17(19)5/h15,18H,6-14H2,1-5H3,(H,21,25)/t15-/m0/s1. The van der Waals surface area contributed by atoms with Gasteiger partial charge in [0.1, 0.15) is 10.6 Å². The van der Waals surface area contributed by atoms with Crippen LogP contribution in [0.5, 0.6) is 0 Å². The lowest BCUT2D eigenvalue weighted by Crippen LogP contribution is -2.43. The highest BCUT2D eigenvalue weighted by molar-refractivity contribution is 7.89. The molecule has 29 heavy (non-hydrogen) atoms. The van der Waals surface area contributed by atoms with E-state index in [-0.39, 0.29) is 22.6 Å². The Morgan fingerprint density at radius 2 is 1.90 bits per heavy atom. The predicted molar refractivity (Wildman–Crippen MR) is 112 cm³/mol. The molecular formula is C20H36N4O4S. The first-order valence-electron chi connectivity index (χ1n) is 10.6. The average molecular weight is 429 g/mol. The van der Waals surface area contributed by atoms with E-state index in [0.717, 1.165) is 26.1 Å². The van der Waals surface area contributed by atoms with Crippen molar-refractivity contribution >= 4 is 15.9 Å². The van der Waals surface area contributed by atoms with Gasteiger partial charge in [0, 0.05) is 25.6 Å². The number of piperidine rings is 1. The zero-order chi connectivity index (χ0) is 21.6. The second kappa shape index (κ2) is 10.5. The summed E-state index contributed by atoms with van der Waals surface area (Å²) in [5, 5.41) is 6.81. The van der Waals surface area contributed by atoms with Crippen molar-refractivity contribution in [3.8, 4) is 0 Å². The van der Waals surface area contributed by atoms with Crippen LogP contribution in [0.2, 0.25) is 0 Å². The Bertz CT molecular complexity index is 746. The largest absolute Gasteiger partial charge is 0.360 e. The first-order valence-corrected chi connectivity index (χ1v) is 12.1. The lowest BCUT2D eigenvalue weighted by molar-refractivity contribution is -0.126. The van der Waals surface area contributed by atoms with Gasteiger partial charge in [-0.25, -0.2) is 8.42 Å². The number of nitrogens with one attached hydrogen (secondary N) is 1. The number of rotatable bonds is 10. The summed E-state index contributed by atoms with van der Waals surface area (Å²) in [6.45, 7) is 14.0. The Balaban J connectivity index is 1.83. The van der Waals surface area contributed by atoms with Crippen molar-refractivity contribution in [2.24, 2.45) is 11.8 Å². The molecule has 1 aliphatic heterocycles. The summed E-state index contributed by atoms with van der Waals surface area (Å²) < 4.78 is 32.4. The molecule has 1 fully saturated rings. The zero-order valence-corrected chi connectivity index (χ0v) is 19.2. The van der Waals surface area contributed by atoms with E-state index < -0.39 is 10.0 Å². The van der Waals surface area contributed by atoms with Gasteiger partial charge >= 0.3 is 0 Å². The molecular weight excluding hydrogens is 392 g/mol. The molecule has 1 saturated heterocycles. The minimum Gasteiger partial charge on any atom is -0.360 e. The van der Waals surface area contributed by atoms with Crippen molar-refractivity contribution in [1.82, 2.24) is 19.7 Å². The molecule has 1 amide bonds. The van der Waals surface area contributed by atoms with E-state index in [0.29, 0.717) is 43.9 Å². The number of carbonyl (C=O) groups excluding carboxylic acids is 1. The van der Waals surface area contributed by atoms with Gasteiger partial charge in [0.2, 0.25) is 15.9 Å². The summed E-state index contributed by atoms with van der Waals surface area (Å²) in [5.74, 6) is 0.458. The Labute approximate surface area is 175 Å². The van der Waals surface area contributed by atoms with E-state index in [9.17, 15) is 13.2 Å². The fraction of sp³-hybridized carbons (Fsp3) is 0.800. The van der Waals surface area contributed by atoms with Gasteiger partial charge in [-0.05, 0) is 58.7 Å². The van der Waals surface area contributed by atoms with Crippen LogP contribution in [0.3, 0.4) is 0 Å². The van der Waals surface area contributed by atoms with Crippen molar-refractivity contribution in [3.05, 3.63) is 11.5 Å². The lowest BCUT2D eigenvalue weighted by Gasteiger charge is -2.33. The molecule has 0 saturated carbocycles. The molecule has 1 aromatic rings. The highest BCUT2D eigenvalue weighted by Gasteiger charge is 2.36. The third kappa shape index (κ3) is 5.79. The van der Waals surface area contributed by atoms with E-state index in [2.05, 4.69) is 29.2 Å². The molecule has 0 aromatic carbocycles. The molecule has 0 bridgehead atoms. The number of carbonyl (C=O) groups is 1. The third-order valence-corrected chi connectivity index (χ3v) is 8.17. The number of hydrogen-bond acceptors (Lipinski definition) is 6. The van der Waals surface area contributed by atoms with E-state index in [1.807, 2.05) is 6.92 Å². The van der Waals surface area contributed by atoms with Crippen LogP contribution >= 0.6 is 0 Å². The number of sulfonamides is 1. The first-order chi connectivity index (χ1) is 13.7. The predicted octanol–water partition coefficient (Wildman–Crippen LogP) is 2.18. The van der Waals surface area contributed by atoms with Gasteiger partial charge in [-0.3, -0.25) is 4.79 Å². The summed E-state index contributed by atoms with van der Waals surface area (Å²) in [5.41, 5.74) is 0.391. The molecule has 2 heterocycles. The van der Waals surface area contributed by atoms with Crippen molar-refractivity contribution in [3.63, 3.8) is 0 Å². The van der Waals surface area contributed by atoms with Gasteiger partial charge in [-0.1, -0.05) is 25.9 Å². The highest BCUT2D eigenvalue weighted by Crippen LogP contribution is 2.30. The quantitative estimate of drug-likeness (QED) is 0.574. The third-order valence-electron chi connectivity index (χ3n) is 6.03. The van der Waals surface area contributed by atoms with E-state index in [1.165, 1.54) is 4.31 Å². The minimum atomic E-state index is -3.61. The Kier molecular flexibility index (Phi) is 8.66. The van der Waals surface area contributed by atoms with Crippen LogP contribution in [-0.4, -0.2) is 68.0 Å². The maximum Gasteiger partial charge on any atom is 0.248 e. The number of aromatic nitrogens is 1. The molecule has 1 aromatic heterocycles. The molecule has 0 spiro atoms. The van der Waals surface area contributed by atoms with E-state index >= 15 is 0 Å². The fourth-order valence-corrected chi connectivity index (χ4v) is 5.78. The molecule has 8 nitrogen and oxygen atoms in total. The summed E-state index contributed by atoms with van der Waals surface area (Å²) in [4.78, 5) is 15.0. The molecule has 1 atom stereocenters. The zero-order valence-electron chi connectivity index (χ0n) is 18.4. The SMILES string of the molecule is CCN(CC)CCCNC(=O)[C@@H](C)C1CCN(S(=O)(=O)c2c(C)noc2C)CC1. The van der Waals surface area contributed by atoms with E-state index in [1.54, 1.807) is 13.8 Å². The van der Waals surface area contributed by atoms with E-state index in [4.69, 9.17) is 4.52 Å². The van der Waals surface area contributed by atoms with Crippen LogP contribution in [-0.2, 0) is 14.8 Å². The summed E-state index contributed by atoms with van der Waals surface area (Å²) in [6.07, 6.45) is 2.29. The first kappa shape index (κ1) is 23.8. The summed E-state index contributed by atoms with van der Waals surface area (Å²) in [7, 11) is -3.61. The van der Waals surface area contributed by atoms with Crippen LogP contribution < -0.4 is 5.32 Å². The maximum atomic E-state index is 12.9. The van der Waals surface area contributed by atoms with Gasteiger partial charge in [0.15, 0.2) is 5.76 Å². The summed E-state index contributed by atoms with van der Waals surface area (Å²) in [6, 6.07) is 0. The molecule has 2 rings (SSSR count). The molecule has 1 aliphatic rings. The Morgan fingerprint density at radius 3 is 2.41 bits per heavy atom. The average Bonchev–Trinajstić information content (AvgIpc) is 3.06. The van der Waals surface area contributed by atoms with Crippen LogP contribution in [0.25, 0.3) is 0 Å². The van der Waals surface area contributed by atoms with Gasteiger partial charge in [0.05, 0.1) is 0 Å².